The van der Waals surface area contributed by atoms with Crippen LogP contribution in [0.15, 0.2) is 42.2 Å². The van der Waals surface area contributed by atoms with E-state index in [1.54, 1.807) is 7.11 Å². The van der Waals surface area contributed by atoms with Crippen LogP contribution in [0.2, 0.25) is 0 Å². The number of amides is 1. The maximum absolute atomic E-state index is 12.3. The van der Waals surface area contributed by atoms with Crippen molar-refractivity contribution in [2.75, 3.05) is 46.7 Å². The molecule has 2 rings (SSSR count). The SMILES string of the molecule is COCCNC(=O)C1=C[C@H](c2ccccc2)C[C@H](OCCOCCO)O1. The number of rotatable bonds is 11. The second-order valence-corrected chi connectivity index (χ2v) is 5.79. The van der Waals surface area contributed by atoms with Gasteiger partial charge in [-0.1, -0.05) is 30.3 Å². The summed E-state index contributed by atoms with van der Waals surface area (Å²) in [5.41, 5.74) is 1.10. The molecule has 0 radical (unpaired) electrons. The lowest BCUT2D eigenvalue weighted by Gasteiger charge is -2.29. The van der Waals surface area contributed by atoms with Crippen molar-refractivity contribution in [2.24, 2.45) is 0 Å². The van der Waals surface area contributed by atoms with Gasteiger partial charge in [0.2, 0.25) is 6.29 Å². The van der Waals surface area contributed by atoms with Crippen LogP contribution >= 0.6 is 0 Å². The summed E-state index contributed by atoms with van der Waals surface area (Å²) in [7, 11) is 1.58. The fraction of sp³-hybridized carbons (Fsp3) is 0.526. The van der Waals surface area contributed by atoms with E-state index < -0.39 is 6.29 Å². The van der Waals surface area contributed by atoms with E-state index in [-0.39, 0.29) is 30.8 Å². The van der Waals surface area contributed by atoms with Gasteiger partial charge in [-0.05, 0) is 11.6 Å². The molecule has 0 saturated carbocycles. The third-order valence-corrected chi connectivity index (χ3v) is 3.87. The Balaban J connectivity index is 1.99. The van der Waals surface area contributed by atoms with E-state index >= 15 is 0 Å². The van der Waals surface area contributed by atoms with Crippen molar-refractivity contribution in [3.8, 4) is 0 Å². The van der Waals surface area contributed by atoms with E-state index in [2.05, 4.69) is 5.32 Å². The molecule has 1 aromatic carbocycles. The van der Waals surface area contributed by atoms with E-state index in [9.17, 15) is 4.79 Å². The highest BCUT2D eigenvalue weighted by Gasteiger charge is 2.28. The maximum Gasteiger partial charge on any atom is 0.286 e. The molecule has 2 atom stereocenters. The Bertz CT molecular complexity index is 562. The zero-order chi connectivity index (χ0) is 18.6. The lowest BCUT2D eigenvalue weighted by Crippen LogP contribution is -2.34. The number of aliphatic hydroxyl groups excluding tert-OH is 1. The molecule has 0 spiro atoms. The van der Waals surface area contributed by atoms with Crippen LogP contribution in [0.5, 0.6) is 0 Å². The van der Waals surface area contributed by atoms with Gasteiger partial charge in [0.05, 0.1) is 33.0 Å². The molecule has 1 aliphatic heterocycles. The highest BCUT2D eigenvalue weighted by atomic mass is 16.7. The van der Waals surface area contributed by atoms with Crippen LogP contribution in [0.3, 0.4) is 0 Å². The third-order valence-electron chi connectivity index (χ3n) is 3.87. The molecule has 0 aromatic heterocycles. The van der Waals surface area contributed by atoms with Gasteiger partial charge in [0.25, 0.3) is 5.91 Å². The van der Waals surface area contributed by atoms with Crippen LogP contribution in [0.4, 0.5) is 0 Å². The minimum absolute atomic E-state index is 0.0233. The lowest BCUT2D eigenvalue weighted by molar-refractivity contribution is -0.151. The normalized spacial score (nSPS) is 19.5. The number of aliphatic hydroxyl groups is 1. The molecule has 144 valence electrons. The molecule has 1 aromatic rings. The molecule has 7 nitrogen and oxygen atoms in total. The Morgan fingerprint density at radius 1 is 1.23 bits per heavy atom. The summed E-state index contributed by atoms with van der Waals surface area (Å²) in [5.74, 6) is -0.00761. The average Bonchev–Trinajstić information content (AvgIpc) is 2.68. The number of ether oxygens (including phenoxy) is 4. The van der Waals surface area contributed by atoms with Crippen LogP contribution in [0.1, 0.15) is 17.9 Å². The summed E-state index contributed by atoms with van der Waals surface area (Å²) in [6, 6.07) is 9.94. The molecular weight excluding hydrogens is 338 g/mol. The summed E-state index contributed by atoms with van der Waals surface area (Å²) in [6.07, 6.45) is 1.91. The standard InChI is InChI=1S/C19H27NO6/c1-23-9-7-20-19(22)17-13-16(15-5-3-2-4-6-15)14-18(26-17)25-12-11-24-10-8-21/h2-6,13,16,18,21H,7-12,14H2,1H3,(H,20,22)/t16-,18+/m0/s1. The fourth-order valence-corrected chi connectivity index (χ4v) is 2.61. The first-order valence-corrected chi connectivity index (χ1v) is 8.75. The number of allylic oxidation sites excluding steroid dienone is 1. The molecule has 0 unspecified atom stereocenters. The molecule has 26 heavy (non-hydrogen) atoms. The summed E-state index contributed by atoms with van der Waals surface area (Å²) in [6.45, 7) is 1.77. The van der Waals surface area contributed by atoms with Crippen LogP contribution < -0.4 is 5.32 Å². The number of nitrogens with one attached hydrogen (secondary N) is 1. The monoisotopic (exact) mass is 365 g/mol. The highest BCUT2D eigenvalue weighted by Crippen LogP contribution is 2.31. The van der Waals surface area contributed by atoms with Crippen LogP contribution in [-0.4, -0.2) is 64.0 Å². The lowest BCUT2D eigenvalue weighted by atomic mass is 9.93. The first-order chi connectivity index (χ1) is 12.7. The Labute approximate surface area is 153 Å². The zero-order valence-electron chi connectivity index (χ0n) is 15.1. The topological polar surface area (TPSA) is 86.3 Å². The van der Waals surface area contributed by atoms with Gasteiger partial charge in [-0.25, -0.2) is 0 Å². The number of carbonyl (C=O) groups is 1. The zero-order valence-corrected chi connectivity index (χ0v) is 15.1. The van der Waals surface area contributed by atoms with Gasteiger partial charge in [-0.2, -0.15) is 0 Å². The van der Waals surface area contributed by atoms with Crippen molar-refractivity contribution in [1.29, 1.82) is 0 Å². The van der Waals surface area contributed by atoms with Gasteiger partial charge >= 0.3 is 0 Å². The predicted molar refractivity (Wildman–Crippen MR) is 95.5 cm³/mol. The van der Waals surface area contributed by atoms with Gasteiger partial charge < -0.3 is 29.4 Å². The van der Waals surface area contributed by atoms with E-state index in [0.29, 0.717) is 32.8 Å². The number of hydrogen-bond donors (Lipinski definition) is 2. The smallest absolute Gasteiger partial charge is 0.286 e. The largest absolute Gasteiger partial charge is 0.459 e. The summed E-state index contributed by atoms with van der Waals surface area (Å²) >= 11 is 0. The summed E-state index contributed by atoms with van der Waals surface area (Å²) < 4.78 is 21.6. The number of carbonyl (C=O) groups excluding carboxylic acids is 1. The summed E-state index contributed by atoms with van der Waals surface area (Å²) in [5, 5.41) is 11.5. The Hall–Kier alpha value is -1.93. The van der Waals surface area contributed by atoms with Crippen molar-refractivity contribution in [1.82, 2.24) is 5.32 Å². The van der Waals surface area contributed by atoms with Crippen molar-refractivity contribution in [2.45, 2.75) is 18.6 Å². The molecule has 2 N–H and O–H groups in total. The third kappa shape index (κ3) is 6.76. The molecule has 0 saturated heterocycles. The van der Waals surface area contributed by atoms with E-state index in [0.717, 1.165) is 5.56 Å². The maximum atomic E-state index is 12.3. The molecule has 0 bridgehead atoms. The van der Waals surface area contributed by atoms with Crippen LogP contribution in [0.25, 0.3) is 0 Å². The Kier molecular flexibility index (Phi) is 9.13. The van der Waals surface area contributed by atoms with Gasteiger partial charge in [0, 0.05) is 26.0 Å². The quantitative estimate of drug-likeness (QED) is 0.573. The fourth-order valence-electron chi connectivity index (χ4n) is 2.61. The van der Waals surface area contributed by atoms with Gasteiger partial charge in [0.15, 0.2) is 5.76 Å². The Morgan fingerprint density at radius 2 is 2.04 bits per heavy atom. The van der Waals surface area contributed by atoms with E-state index in [4.69, 9.17) is 24.1 Å². The number of hydrogen-bond acceptors (Lipinski definition) is 6. The molecular formula is C19H27NO6. The molecule has 0 aliphatic carbocycles. The highest BCUT2D eigenvalue weighted by molar-refractivity contribution is 5.91. The number of methoxy groups -OCH3 is 1. The first-order valence-electron chi connectivity index (χ1n) is 8.75. The van der Waals surface area contributed by atoms with Crippen LogP contribution in [-0.2, 0) is 23.7 Å². The molecule has 0 fully saturated rings. The molecule has 1 aliphatic rings. The predicted octanol–water partition coefficient (Wildman–Crippen LogP) is 1.19. The molecule has 1 amide bonds. The van der Waals surface area contributed by atoms with Crippen molar-refractivity contribution in [3.05, 3.63) is 47.7 Å². The van der Waals surface area contributed by atoms with Gasteiger partial charge in [-0.15, -0.1) is 0 Å². The molecule has 7 heteroatoms. The second kappa shape index (κ2) is 11.6. The van der Waals surface area contributed by atoms with E-state index in [1.165, 1.54) is 0 Å². The number of benzene rings is 1. The summed E-state index contributed by atoms with van der Waals surface area (Å²) in [4.78, 5) is 12.3. The molecule has 1 heterocycles. The minimum atomic E-state index is -0.536. The second-order valence-electron chi connectivity index (χ2n) is 5.79. The Morgan fingerprint density at radius 3 is 2.77 bits per heavy atom. The van der Waals surface area contributed by atoms with Crippen molar-refractivity contribution in [3.63, 3.8) is 0 Å². The van der Waals surface area contributed by atoms with Gasteiger partial charge in [-0.3, -0.25) is 4.79 Å². The first kappa shape index (κ1) is 20.4. The average molecular weight is 365 g/mol. The van der Waals surface area contributed by atoms with Crippen molar-refractivity contribution >= 4 is 5.91 Å². The van der Waals surface area contributed by atoms with E-state index in [1.807, 2.05) is 36.4 Å². The minimum Gasteiger partial charge on any atom is -0.459 e. The van der Waals surface area contributed by atoms with Crippen molar-refractivity contribution < 1.29 is 28.8 Å². The van der Waals surface area contributed by atoms with Crippen LogP contribution in [0, 0.1) is 0 Å². The van der Waals surface area contributed by atoms with Gasteiger partial charge in [0.1, 0.15) is 0 Å².